The fourth-order valence-corrected chi connectivity index (χ4v) is 4.16. The molecule has 1 amide bonds. The zero-order valence-electron chi connectivity index (χ0n) is 15.1. The second kappa shape index (κ2) is 8.81. The van der Waals surface area contributed by atoms with E-state index >= 15 is 0 Å². The number of likely N-dealkylation sites (N-methyl/N-ethyl adjacent to an activating group) is 1. The first-order valence-electron chi connectivity index (χ1n) is 8.00. The molecule has 27 heavy (non-hydrogen) atoms. The maximum absolute atomic E-state index is 13.5. The molecule has 0 radical (unpaired) electrons. The maximum atomic E-state index is 13.5. The molecule has 0 bridgehead atoms. The molecule has 2 aromatic carbocycles. The molecule has 1 N–H and O–H groups in total. The molecule has 0 aliphatic rings. The van der Waals surface area contributed by atoms with E-state index in [0.717, 1.165) is 26.5 Å². The zero-order valence-corrected chi connectivity index (χ0v) is 17.5. The van der Waals surface area contributed by atoms with Crippen LogP contribution in [0, 0.1) is 5.82 Å². The van der Waals surface area contributed by atoms with Gasteiger partial charge in [-0.05, 0) is 42.8 Å². The number of nitrogens with zero attached hydrogens (tertiary/aromatic N) is 1. The van der Waals surface area contributed by atoms with E-state index < -0.39 is 28.3 Å². The second-order valence-corrected chi connectivity index (χ2v) is 8.83. The van der Waals surface area contributed by atoms with Gasteiger partial charge in [0.05, 0.1) is 19.7 Å². The number of methoxy groups -OCH3 is 1. The SMILES string of the molecule is COc1ccc(F)cc1S(=O)(=O)N(C)CC(=O)N[C@@H](C)c1cccc(Br)c1. The number of rotatable bonds is 7. The van der Waals surface area contributed by atoms with Gasteiger partial charge in [-0.25, -0.2) is 12.8 Å². The highest BCUT2D eigenvalue weighted by atomic mass is 79.9. The monoisotopic (exact) mass is 458 g/mol. The number of halogens is 2. The molecule has 0 aromatic heterocycles. The minimum absolute atomic E-state index is 0.00571. The molecule has 1 atom stereocenters. The number of hydrogen-bond donors (Lipinski definition) is 1. The van der Waals surface area contributed by atoms with Crippen molar-refractivity contribution in [2.75, 3.05) is 20.7 Å². The van der Waals surface area contributed by atoms with E-state index in [2.05, 4.69) is 21.2 Å². The van der Waals surface area contributed by atoms with E-state index in [1.54, 1.807) is 6.92 Å². The van der Waals surface area contributed by atoms with Gasteiger partial charge < -0.3 is 10.1 Å². The summed E-state index contributed by atoms with van der Waals surface area (Å²) in [7, 11) is -1.56. The van der Waals surface area contributed by atoms with Gasteiger partial charge in [0.25, 0.3) is 0 Å². The van der Waals surface area contributed by atoms with Gasteiger partial charge in [-0.1, -0.05) is 28.1 Å². The van der Waals surface area contributed by atoms with E-state index in [-0.39, 0.29) is 16.7 Å². The fraction of sp³-hybridized carbons (Fsp3) is 0.278. The summed E-state index contributed by atoms with van der Waals surface area (Å²) in [5.41, 5.74) is 0.870. The van der Waals surface area contributed by atoms with E-state index in [0.29, 0.717) is 0 Å². The minimum atomic E-state index is -4.11. The van der Waals surface area contributed by atoms with Crippen LogP contribution in [-0.4, -0.2) is 39.3 Å². The minimum Gasteiger partial charge on any atom is -0.495 e. The third-order valence-corrected chi connectivity index (χ3v) is 6.22. The number of ether oxygens (including phenoxy) is 1. The third-order valence-electron chi connectivity index (χ3n) is 3.91. The predicted molar refractivity (Wildman–Crippen MR) is 103 cm³/mol. The lowest BCUT2D eigenvalue weighted by atomic mass is 10.1. The van der Waals surface area contributed by atoms with Crippen LogP contribution in [0.2, 0.25) is 0 Å². The quantitative estimate of drug-likeness (QED) is 0.691. The van der Waals surface area contributed by atoms with E-state index in [1.165, 1.54) is 20.2 Å². The van der Waals surface area contributed by atoms with Gasteiger partial charge in [-0.2, -0.15) is 4.31 Å². The molecule has 0 saturated heterocycles. The van der Waals surface area contributed by atoms with Crippen molar-refractivity contribution in [2.24, 2.45) is 0 Å². The highest BCUT2D eigenvalue weighted by molar-refractivity contribution is 9.10. The Morgan fingerprint density at radius 2 is 2.00 bits per heavy atom. The van der Waals surface area contributed by atoms with Crippen LogP contribution in [0.5, 0.6) is 5.75 Å². The van der Waals surface area contributed by atoms with Crippen LogP contribution in [0.15, 0.2) is 51.8 Å². The topological polar surface area (TPSA) is 75.7 Å². The highest BCUT2D eigenvalue weighted by Gasteiger charge is 2.27. The first-order chi connectivity index (χ1) is 12.6. The van der Waals surface area contributed by atoms with Crippen molar-refractivity contribution in [3.63, 3.8) is 0 Å². The van der Waals surface area contributed by atoms with Gasteiger partial charge in [0.15, 0.2) is 0 Å². The molecular formula is C18H20BrFN2O4S. The van der Waals surface area contributed by atoms with Crippen LogP contribution in [0.4, 0.5) is 4.39 Å². The van der Waals surface area contributed by atoms with Crippen molar-refractivity contribution in [1.82, 2.24) is 9.62 Å². The summed E-state index contributed by atoms with van der Waals surface area (Å²) in [6.07, 6.45) is 0. The molecule has 0 saturated carbocycles. The van der Waals surface area contributed by atoms with E-state index in [4.69, 9.17) is 4.74 Å². The summed E-state index contributed by atoms with van der Waals surface area (Å²) in [5, 5.41) is 2.75. The molecule has 9 heteroatoms. The van der Waals surface area contributed by atoms with Gasteiger partial charge in [0, 0.05) is 11.5 Å². The first kappa shape index (κ1) is 21.3. The lowest BCUT2D eigenvalue weighted by Gasteiger charge is -2.20. The van der Waals surface area contributed by atoms with Gasteiger partial charge in [-0.15, -0.1) is 0 Å². The molecule has 0 aliphatic carbocycles. The third kappa shape index (κ3) is 5.27. The number of carbonyl (C=O) groups is 1. The molecule has 146 valence electrons. The lowest BCUT2D eigenvalue weighted by Crippen LogP contribution is -2.39. The van der Waals surface area contributed by atoms with Gasteiger partial charge in [0.1, 0.15) is 16.5 Å². The Morgan fingerprint density at radius 3 is 2.63 bits per heavy atom. The van der Waals surface area contributed by atoms with Crippen LogP contribution in [-0.2, 0) is 14.8 Å². The van der Waals surface area contributed by atoms with Crippen molar-refractivity contribution in [3.8, 4) is 5.75 Å². The Morgan fingerprint density at radius 1 is 1.30 bits per heavy atom. The number of carbonyl (C=O) groups excluding carboxylic acids is 1. The summed E-state index contributed by atoms with van der Waals surface area (Å²) < 4.78 is 45.6. The maximum Gasteiger partial charge on any atom is 0.247 e. The average molecular weight is 459 g/mol. The lowest BCUT2D eigenvalue weighted by molar-refractivity contribution is -0.121. The first-order valence-corrected chi connectivity index (χ1v) is 10.2. The van der Waals surface area contributed by atoms with Gasteiger partial charge >= 0.3 is 0 Å². The molecule has 0 heterocycles. The smallest absolute Gasteiger partial charge is 0.247 e. The van der Waals surface area contributed by atoms with Crippen LogP contribution in [0.25, 0.3) is 0 Å². The summed E-state index contributed by atoms with van der Waals surface area (Å²) in [6.45, 7) is 1.38. The van der Waals surface area contributed by atoms with Crippen LogP contribution in [0.1, 0.15) is 18.5 Å². The Balaban J connectivity index is 2.12. The van der Waals surface area contributed by atoms with Crippen LogP contribution in [0.3, 0.4) is 0 Å². The number of sulfonamides is 1. The van der Waals surface area contributed by atoms with Crippen molar-refractivity contribution in [2.45, 2.75) is 17.9 Å². The van der Waals surface area contributed by atoms with Crippen LogP contribution >= 0.6 is 15.9 Å². The van der Waals surface area contributed by atoms with E-state index in [1.807, 2.05) is 24.3 Å². The largest absolute Gasteiger partial charge is 0.495 e. The number of hydrogen-bond acceptors (Lipinski definition) is 4. The summed E-state index contributed by atoms with van der Waals surface area (Å²) in [5.74, 6) is -1.19. The van der Waals surface area contributed by atoms with Crippen LogP contribution < -0.4 is 10.1 Å². The van der Waals surface area contributed by atoms with Crippen molar-refractivity contribution >= 4 is 31.9 Å². The number of amides is 1. The molecular weight excluding hydrogens is 439 g/mol. The Labute approximate surface area is 166 Å². The molecule has 0 spiro atoms. The molecule has 0 unspecified atom stereocenters. The molecule has 0 aliphatic heterocycles. The Bertz CT molecular complexity index is 937. The highest BCUT2D eigenvalue weighted by Crippen LogP contribution is 2.27. The number of benzene rings is 2. The Hall–Kier alpha value is -1.97. The second-order valence-electron chi connectivity index (χ2n) is 5.90. The van der Waals surface area contributed by atoms with Crippen molar-refractivity contribution < 1.29 is 22.3 Å². The van der Waals surface area contributed by atoms with Crippen molar-refractivity contribution in [3.05, 3.63) is 58.3 Å². The molecule has 0 fully saturated rings. The fourth-order valence-electron chi connectivity index (χ4n) is 2.45. The summed E-state index contributed by atoms with van der Waals surface area (Å²) in [4.78, 5) is 12.0. The average Bonchev–Trinajstić information content (AvgIpc) is 2.61. The van der Waals surface area contributed by atoms with Gasteiger partial charge in [0.2, 0.25) is 15.9 Å². The van der Waals surface area contributed by atoms with Crippen molar-refractivity contribution in [1.29, 1.82) is 0 Å². The molecule has 2 rings (SSSR count). The normalized spacial score (nSPS) is 12.7. The molecule has 2 aromatic rings. The van der Waals surface area contributed by atoms with E-state index in [9.17, 15) is 17.6 Å². The summed E-state index contributed by atoms with van der Waals surface area (Å²) in [6, 6.07) is 10.3. The predicted octanol–water partition coefficient (Wildman–Crippen LogP) is 3.09. The number of nitrogens with one attached hydrogen (secondary N) is 1. The molecule has 6 nitrogen and oxygen atoms in total. The Kier molecular flexibility index (Phi) is 6.96. The zero-order chi connectivity index (χ0) is 20.2. The standard InChI is InChI=1S/C18H20BrFN2O4S/c1-12(13-5-4-6-14(19)9-13)21-18(23)11-22(2)27(24,25)17-10-15(20)7-8-16(17)26-3/h4-10,12H,11H2,1-3H3,(H,21,23)/t12-/m0/s1. The summed E-state index contributed by atoms with van der Waals surface area (Å²) >= 11 is 3.37. The van der Waals surface area contributed by atoms with Gasteiger partial charge in [-0.3, -0.25) is 4.79 Å².